The fourth-order valence-corrected chi connectivity index (χ4v) is 8.97. The molecule has 0 saturated heterocycles. The molecule has 1 heterocycles. The Balaban J connectivity index is 0.00000870. The zero-order valence-corrected chi connectivity index (χ0v) is 37.2. The molecule has 1 aliphatic heterocycles. The summed E-state index contributed by atoms with van der Waals surface area (Å²) in [6.45, 7) is 15.7. The molecule has 1 unspecified atom stereocenters. The number of benzene rings is 3. The predicted molar refractivity (Wildman–Crippen MR) is 210 cm³/mol. The fraction of sp³-hybridized carbons (Fsp3) is 0.378. The Bertz CT molecular complexity index is 2510. The summed E-state index contributed by atoms with van der Waals surface area (Å²) in [4.78, 5) is 25.0. The van der Waals surface area contributed by atoms with Crippen molar-refractivity contribution in [1.82, 2.24) is 19.9 Å². The van der Waals surface area contributed by atoms with E-state index >= 15 is 0 Å². The molecule has 304 valence electrons. The summed E-state index contributed by atoms with van der Waals surface area (Å²) in [6.07, 6.45) is 0.157. The summed E-state index contributed by atoms with van der Waals surface area (Å²) < 4.78 is 112. The van der Waals surface area contributed by atoms with Crippen LogP contribution in [-0.2, 0) is 39.8 Å². The molecular formula is C37H46N5NaO11S3. The molecule has 0 aromatic heterocycles. The topological polar surface area (TPSA) is 238 Å². The van der Waals surface area contributed by atoms with E-state index < -0.39 is 63.7 Å². The maximum absolute atomic E-state index is 13.7. The number of rotatable bonds is 18. The third-order valence-corrected chi connectivity index (χ3v) is 12.1. The largest absolute Gasteiger partial charge is 1.00 e. The number of sulfonamides is 1. The van der Waals surface area contributed by atoms with E-state index in [2.05, 4.69) is 26.7 Å². The van der Waals surface area contributed by atoms with Gasteiger partial charge in [-0.1, -0.05) is 12.6 Å². The van der Waals surface area contributed by atoms with E-state index in [-0.39, 0.29) is 65.8 Å². The molecule has 0 fully saturated rings. The number of amides is 2. The second kappa shape index (κ2) is 19.9. The van der Waals surface area contributed by atoms with Crippen LogP contribution in [0.2, 0.25) is 0 Å². The van der Waals surface area contributed by atoms with Crippen molar-refractivity contribution in [2.24, 2.45) is 0 Å². The van der Waals surface area contributed by atoms with Crippen molar-refractivity contribution in [1.29, 1.82) is 0 Å². The van der Waals surface area contributed by atoms with Gasteiger partial charge in [-0.25, -0.2) is 29.8 Å². The van der Waals surface area contributed by atoms with Crippen LogP contribution in [0.25, 0.3) is 33.4 Å². The van der Waals surface area contributed by atoms with Crippen LogP contribution < -0.4 is 59.7 Å². The second-order valence-corrected chi connectivity index (χ2v) is 17.4. The van der Waals surface area contributed by atoms with Gasteiger partial charge in [-0.05, 0) is 71.4 Å². The van der Waals surface area contributed by atoms with Crippen molar-refractivity contribution < 1.29 is 77.9 Å². The standard InChI is InChI=1S/C37H47N5O11S3.Na/c1-7-41(8-2)25-12-15-28-32(20-25)53-33-21-26(42(9-3)10-4)13-16-29(33)35(28)30-17-14-27(22-34(30)56(50,51)52)55(48,49)40-31(23-54(45,46)47)37(44)39-19-11-18-38-36(43)24(5)6;/h12-17,20-22,31,40H,5,7-11,18-19,23H2,1-4,6H3,(H3-,38,39,43,44,45,46,47,50,51,52);/q;+1/p-1. The molecule has 2 aromatic carbocycles. The van der Waals surface area contributed by atoms with E-state index in [1.54, 1.807) is 24.3 Å². The average molecular weight is 856 g/mol. The molecule has 57 heavy (non-hydrogen) atoms. The molecule has 0 saturated carbocycles. The van der Waals surface area contributed by atoms with Gasteiger partial charge in [0.1, 0.15) is 40.6 Å². The van der Waals surface area contributed by atoms with Gasteiger partial charge in [0.05, 0.1) is 31.7 Å². The Hall–Kier alpha value is -3.66. The van der Waals surface area contributed by atoms with Crippen molar-refractivity contribution in [2.45, 2.75) is 56.9 Å². The van der Waals surface area contributed by atoms with Crippen molar-refractivity contribution >= 4 is 58.7 Å². The summed E-state index contributed by atoms with van der Waals surface area (Å²) in [5, 5.41) is 6.10. The van der Waals surface area contributed by atoms with E-state index in [1.165, 1.54) is 6.92 Å². The average Bonchev–Trinajstić information content (AvgIpc) is 3.12. The number of hydrogen-bond donors (Lipinski definition) is 3. The Labute approximate surface area is 355 Å². The Morgan fingerprint density at radius 3 is 2.07 bits per heavy atom. The maximum Gasteiger partial charge on any atom is 1.00 e. The monoisotopic (exact) mass is 855 g/mol. The van der Waals surface area contributed by atoms with Crippen molar-refractivity contribution in [2.75, 3.05) is 49.9 Å². The Kier molecular flexibility index (Phi) is 16.6. The Morgan fingerprint density at radius 2 is 1.49 bits per heavy atom. The van der Waals surface area contributed by atoms with E-state index in [9.17, 15) is 43.9 Å². The first kappa shape index (κ1) is 47.7. The molecule has 20 heteroatoms. The van der Waals surface area contributed by atoms with Gasteiger partial charge in [0.2, 0.25) is 27.2 Å². The van der Waals surface area contributed by atoms with Crippen molar-refractivity contribution in [3.8, 4) is 22.5 Å². The van der Waals surface area contributed by atoms with Crippen LogP contribution in [0.3, 0.4) is 0 Å². The third kappa shape index (κ3) is 12.0. The molecule has 0 bridgehead atoms. The minimum atomic E-state index is -5.41. The van der Waals surface area contributed by atoms with Crippen LogP contribution >= 0.6 is 0 Å². The predicted octanol–water partition coefficient (Wildman–Crippen LogP) is -0.838. The van der Waals surface area contributed by atoms with E-state index in [1.807, 2.05) is 44.5 Å². The fourth-order valence-electron chi connectivity index (χ4n) is 6.21. The minimum Gasteiger partial charge on any atom is -0.748 e. The summed E-state index contributed by atoms with van der Waals surface area (Å²) in [7, 11) is -15.6. The molecule has 3 N–H and O–H groups in total. The summed E-state index contributed by atoms with van der Waals surface area (Å²) in [5.74, 6) is -2.72. The number of hydrogen-bond acceptors (Lipinski definition) is 12. The molecular weight excluding hydrogens is 810 g/mol. The second-order valence-electron chi connectivity index (χ2n) is 12.9. The summed E-state index contributed by atoms with van der Waals surface area (Å²) in [5.41, 5.74) is 2.02. The van der Waals surface area contributed by atoms with Crippen molar-refractivity contribution in [3.05, 3.63) is 72.1 Å². The van der Waals surface area contributed by atoms with Gasteiger partial charge >= 0.3 is 29.6 Å². The first-order valence-electron chi connectivity index (χ1n) is 17.9. The minimum absolute atomic E-state index is 0. The number of nitrogens with one attached hydrogen (secondary N) is 3. The number of fused-ring (bicyclic) bond motifs is 2. The van der Waals surface area contributed by atoms with Crippen LogP contribution in [0.4, 0.5) is 5.69 Å². The van der Waals surface area contributed by atoms with E-state index in [4.69, 9.17) is 4.42 Å². The third-order valence-electron chi connectivity index (χ3n) is 9.06. The van der Waals surface area contributed by atoms with Gasteiger partial charge in [-0.3, -0.25) is 9.59 Å². The smallest absolute Gasteiger partial charge is 0.748 e. The van der Waals surface area contributed by atoms with Crippen LogP contribution in [0.5, 0.6) is 0 Å². The zero-order valence-electron chi connectivity index (χ0n) is 32.7. The van der Waals surface area contributed by atoms with Gasteiger partial charge in [0.15, 0.2) is 0 Å². The molecule has 1 aliphatic carbocycles. The van der Waals surface area contributed by atoms with Gasteiger partial charge in [0, 0.05) is 71.6 Å². The summed E-state index contributed by atoms with van der Waals surface area (Å²) >= 11 is 0. The number of carbonyl (C=O) groups excluding carboxylic acids is 2. The van der Waals surface area contributed by atoms with E-state index in [0.29, 0.717) is 54.5 Å². The van der Waals surface area contributed by atoms with Gasteiger partial charge < -0.3 is 29.1 Å². The molecule has 16 nitrogen and oxygen atoms in total. The molecule has 2 aliphatic rings. The summed E-state index contributed by atoms with van der Waals surface area (Å²) in [6, 6.07) is 11.4. The van der Waals surface area contributed by atoms with Gasteiger partial charge in [-0.2, -0.15) is 4.72 Å². The van der Waals surface area contributed by atoms with Crippen LogP contribution in [-0.4, -0.2) is 97.2 Å². The SMILES string of the molecule is C=C(C)C(=O)NCCCNC(=O)C(CS(=O)(=O)[O-])NS(=O)(=O)c1ccc(-c2c3ccc(=[N+](CC)CC)cc-3oc3cc(N(CC)CC)ccc23)c(S(=O)(=O)[O-])c1.[Na+]. The Morgan fingerprint density at radius 1 is 0.860 bits per heavy atom. The van der Waals surface area contributed by atoms with E-state index in [0.717, 1.165) is 23.2 Å². The molecule has 1 atom stereocenters. The molecule has 2 amide bonds. The maximum atomic E-state index is 13.7. The van der Waals surface area contributed by atoms with Gasteiger partial charge in [0.25, 0.3) is 0 Å². The number of nitrogens with zero attached hydrogens (tertiary/aromatic N) is 2. The van der Waals surface area contributed by atoms with Crippen LogP contribution in [0, 0.1) is 0 Å². The first-order valence-corrected chi connectivity index (χ1v) is 22.3. The normalized spacial score (nSPS) is 12.5. The quantitative estimate of drug-likeness (QED) is 0.0278. The molecule has 4 rings (SSSR count). The zero-order chi connectivity index (χ0) is 41.6. The van der Waals surface area contributed by atoms with Crippen LogP contribution in [0.1, 0.15) is 41.0 Å². The first-order chi connectivity index (χ1) is 26.2. The molecule has 0 radical (unpaired) electrons. The number of carbonyl (C=O) groups is 2. The molecule has 2 aromatic rings. The van der Waals surface area contributed by atoms with Gasteiger partial charge in [-0.15, -0.1) is 0 Å². The molecule has 0 spiro atoms. The van der Waals surface area contributed by atoms with Crippen molar-refractivity contribution in [3.63, 3.8) is 0 Å². The number of anilines is 1. The van der Waals surface area contributed by atoms with Crippen LogP contribution in [0.15, 0.2) is 81.0 Å².